The number of carbonyl (C=O) groups excluding carboxylic acids is 1. The van der Waals surface area contributed by atoms with Gasteiger partial charge in [0.05, 0.1) is 32.0 Å². The molecule has 2 heterocycles. The van der Waals surface area contributed by atoms with E-state index < -0.39 is 86.8 Å². The Hall–Kier alpha value is -1.79. The summed E-state index contributed by atoms with van der Waals surface area (Å²) in [7, 11) is 0. The van der Waals surface area contributed by atoms with E-state index in [1.807, 2.05) is 6.08 Å². The van der Waals surface area contributed by atoms with Crippen LogP contribution in [0.3, 0.4) is 0 Å². The Balaban J connectivity index is 1.65. The Morgan fingerprint density at radius 1 is 0.414 bits per heavy atom. The highest BCUT2D eigenvalue weighted by molar-refractivity contribution is 5.76. The van der Waals surface area contributed by atoms with Crippen LogP contribution in [-0.4, -0.2) is 140 Å². The van der Waals surface area contributed by atoms with Gasteiger partial charge in [-0.3, -0.25) is 4.79 Å². The maximum Gasteiger partial charge on any atom is 0.220 e. The average molecular weight is 1240 g/mol. The van der Waals surface area contributed by atoms with E-state index in [1.165, 1.54) is 250 Å². The minimum absolute atomic E-state index is 0.240. The Labute approximate surface area is 531 Å². The fourth-order valence-corrected chi connectivity index (χ4v) is 12.2. The number of rotatable bonds is 61. The molecule has 0 aromatic rings. The molecule has 512 valence electrons. The summed E-state index contributed by atoms with van der Waals surface area (Å²) >= 11 is 0. The number of hydrogen-bond donors (Lipinski definition) is 9. The van der Waals surface area contributed by atoms with Gasteiger partial charge in [-0.25, -0.2) is 0 Å². The number of nitrogens with one attached hydrogen (secondary N) is 1. The number of amides is 1. The van der Waals surface area contributed by atoms with E-state index in [1.54, 1.807) is 6.08 Å². The standard InChI is InChI=1S/C73H137NO13/c1-3-5-7-9-11-13-15-17-19-21-23-25-26-27-28-29-30-31-32-33-34-35-37-38-40-42-44-46-48-50-52-54-56-62(77)61(60-84-72-70(83)68(81)71(64(59-76)86-72)87-73-69(82)67(80)66(79)63(58-75)85-73)74-65(78)57-55-53-51-49-47-45-43-41-39-36-24-22-20-18-16-14-12-10-8-6-4-2/h16,18,22,24,54,56,61-64,66-73,75-77,79-83H,3-15,17,19-21,23,25-53,55,57-60H2,1-2H3,(H,74,78)/b18-16-,24-22-,56-54+. The quantitative estimate of drug-likeness (QED) is 0.0204. The van der Waals surface area contributed by atoms with Crippen molar-refractivity contribution < 1.29 is 64.6 Å². The smallest absolute Gasteiger partial charge is 0.220 e. The molecule has 1 amide bonds. The predicted molar refractivity (Wildman–Crippen MR) is 355 cm³/mol. The molecule has 2 fully saturated rings. The maximum absolute atomic E-state index is 13.3. The van der Waals surface area contributed by atoms with E-state index in [9.17, 15) is 45.6 Å². The number of aliphatic hydroxyl groups is 8. The molecule has 0 spiro atoms. The number of ether oxygens (including phenoxy) is 4. The first kappa shape index (κ1) is 81.3. The normalized spacial score (nSPS) is 23.4. The van der Waals surface area contributed by atoms with Gasteiger partial charge in [0, 0.05) is 6.42 Å². The number of aliphatic hydroxyl groups excluding tert-OH is 8. The largest absolute Gasteiger partial charge is 0.394 e. The van der Waals surface area contributed by atoms with E-state index in [2.05, 4.69) is 43.5 Å². The Bertz CT molecular complexity index is 1600. The molecule has 12 atom stereocenters. The summed E-state index contributed by atoms with van der Waals surface area (Å²) in [4.78, 5) is 13.3. The fraction of sp³-hybridized carbons (Fsp3) is 0.904. The van der Waals surface area contributed by atoms with Crippen molar-refractivity contribution in [3.05, 3.63) is 36.5 Å². The van der Waals surface area contributed by atoms with Crippen molar-refractivity contribution in [2.45, 2.75) is 402 Å². The predicted octanol–water partition coefficient (Wildman–Crippen LogP) is 15.3. The highest BCUT2D eigenvalue weighted by atomic mass is 16.7. The van der Waals surface area contributed by atoms with Gasteiger partial charge in [0.1, 0.15) is 48.8 Å². The maximum atomic E-state index is 13.3. The summed E-state index contributed by atoms with van der Waals surface area (Å²) in [6.07, 6.45) is 57.8. The molecule has 2 aliphatic heterocycles. The van der Waals surface area contributed by atoms with Gasteiger partial charge >= 0.3 is 0 Å². The first-order chi connectivity index (χ1) is 42.6. The van der Waals surface area contributed by atoms with Crippen LogP contribution in [0.1, 0.15) is 328 Å². The van der Waals surface area contributed by atoms with Crippen molar-refractivity contribution in [2.75, 3.05) is 19.8 Å². The van der Waals surface area contributed by atoms with Crippen LogP contribution < -0.4 is 5.32 Å². The third-order valence-corrected chi connectivity index (χ3v) is 18.1. The van der Waals surface area contributed by atoms with Gasteiger partial charge < -0.3 is 65.1 Å². The van der Waals surface area contributed by atoms with E-state index >= 15 is 0 Å². The van der Waals surface area contributed by atoms with Gasteiger partial charge in [-0.1, -0.05) is 307 Å². The lowest BCUT2D eigenvalue weighted by Crippen LogP contribution is -2.65. The lowest BCUT2D eigenvalue weighted by atomic mass is 9.97. The van der Waals surface area contributed by atoms with Crippen molar-refractivity contribution in [1.82, 2.24) is 5.32 Å². The molecule has 0 bridgehead atoms. The van der Waals surface area contributed by atoms with Crippen molar-refractivity contribution in [3.63, 3.8) is 0 Å². The fourth-order valence-electron chi connectivity index (χ4n) is 12.2. The van der Waals surface area contributed by atoms with Crippen LogP contribution in [0.4, 0.5) is 0 Å². The first-order valence-electron chi connectivity index (χ1n) is 36.7. The van der Waals surface area contributed by atoms with Crippen LogP contribution in [0.2, 0.25) is 0 Å². The Kier molecular flexibility index (Phi) is 54.3. The molecule has 0 aliphatic carbocycles. The monoisotopic (exact) mass is 1240 g/mol. The third-order valence-electron chi connectivity index (χ3n) is 18.1. The summed E-state index contributed by atoms with van der Waals surface area (Å²) in [6.45, 7) is 2.83. The average Bonchev–Trinajstić information content (AvgIpc) is 1.56. The van der Waals surface area contributed by atoms with Crippen molar-refractivity contribution in [1.29, 1.82) is 0 Å². The molecular weight excluding hydrogens is 1100 g/mol. The van der Waals surface area contributed by atoms with Crippen LogP contribution in [0.15, 0.2) is 36.5 Å². The van der Waals surface area contributed by atoms with E-state index in [0.29, 0.717) is 6.42 Å². The summed E-state index contributed by atoms with van der Waals surface area (Å²) in [6, 6.07) is -0.919. The molecule has 14 nitrogen and oxygen atoms in total. The molecule has 0 radical (unpaired) electrons. The van der Waals surface area contributed by atoms with Crippen molar-refractivity contribution >= 4 is 5.91 Å². The molecule has 2 aliphatic rings. The van der Waals surface area contributed by atoms with Crippen molar-refractivity contribution in [3.8, 4) is 0 Å². The number of allylic oxidation sites excluding steroid dienone is 5. The number of carbonyl (C=O) groups is 1. The molecular formula is C73H137NO13. The molecule has 0 aromatic carbocycles. The van der Waals surface area contributed by atoms with Crippen LogP contribution >= 0.6 is 0 Å². The van der Waals surface area contributed by atoms with Crippen LogP contribution in [-0.2, 0) is 23.7 Å². The second-order valence-corrected chi connectivity index (χ2v) is 26.1. The summed E-state index contributed by atoms with van der Waals surface area (Å²) in [5.74, 6) is -0.240. The zero-order valence-electron chi connectivity index (χ0n) is 55.8. The molecule has 14 heteroatoms. The molecule has 2 saturated heterocycles. The van der Waals surface area contributed by atoms with Gasteiger partial charge in [0.25, 0.3) is 0 Å². The van der Waals surface area contributed by atoms with Crippen LogP contribution in [0.5, 0.6) is 0 Å². The molecule has 12 unspecified atom stereocenters. The number of unbranched alkanes of at least 4 members (excludes halogenated alkanes) is 44. The highest BCUT2D eigenvalue weighted by Gasteiger charge is 2.51. The second kappa shape index (κ2) is 58.1. The molecule has 2 rings (SSSR count). The van der Waals surface area contributed by atoms with Gasteiger partial charge in [0.15, 0.2) is 12.6 Å². The summed E-state index contributed by atoms with van der Waals surface area (Å²) < 4.78 is 22.9. The van der Waals surface area contributed by atoms with Gasteiger partial charge in [-0.15, -0.1) is 0 Å². The van der Waals surface area contributed by atoms with Crippen molar-refractivity contribution in [2.24, 2.45) is 0 Å². The third kappa shape index (κ3) is 42.1. The first-order valence-corrected chi connectivity index (χ1v) is 36.7. The molecule has 0 saturated carbocycles. The Morgan fingerprint density at radius 3 is 1.15 bits per heavy atom. The lowest BCUT2D eigenvalue weighted by molar-refractivity contribution is -0.359. The van der Waals surface area contributed by atoms with E-state index in [4.69, 9.17) is 18.9 Å². The SMILES string of the molecule is CCCCCCC/C=C\C/C=C\CCCCCCCCCCCC(=O)NC(COC1OC(CO)C(OC2OC(CO)C(O)C(O)C2O)C(O)C1O)C(O)/C=C/CCCCCCCCCCCCCCCCCCCCCCCCCCCCCCCC. The van der Waals surface area contributed by atoms with E-state index in [-0.39, 0.29) is 18.9 Å². The van der Waals surface area contributed by atoms with E-state index in [0.717, 1.165) is 51.4 Å². The minimum Gasteiger partial charge on any atom is -0.394 e. The lowest BCUT2D eigenvalue weighted by Gasteiger charge is -2.46. The van der Waals surface area contributed by atoms with Crippen LogP contribution in [0, 0.1) is 0 Å². The Morgan fingerprint density at radius 2 is 0.759 bits per heavy atom. The summed E-state index contributed by atoms with van der Waals surface area (Å²) in [5.41, 5.74) is 0. The summed E-state index contributed by atoms with van der Waals surface area (Å²) in [5, 5.41) is 87.5. The van der Waals surface area contributed by atoms with Gasteiger partial charge in [-0.2, -0.15) is 0 Å². The topological polar surface area (TPSA) is 228 Å². The minimum atomic E-state index is -1.79. The highest BCUT2D eigenvalue weighted by Crippen LogP contribution is 2.30. The van der Waals surface area contributed by atoms with Crippen LogP contribution in [0.25, 0.3) is 0 Å². The second-order valence-electron chi connectivity index (χ2n) is 26.1. The molecule has 0 aromatic heterocycles. The molecule has 87 heavy (non-hydrogen) atoms. The van der Waals surface area contributed by atoms with Gasteiger partial charge in [0.2, 0.25) is 5.91 Å². The van der Waals surface area contributed by atoms with Gasteiger partial charge in [-0.05, 0) is 51.4 Å². The molecule has 9 N–H and O–H groups in total. The number of hydrogen-bond acceptors (Lipinski definition) is 13. The zero-order valence-corrected chi connectivity index (χ0v) is 55.8. The zero-order chi connectivity index (χ0) is 63.1.